The molecule has 34 heavy (non-hydrogen) atoms. The topological polar surface area (TPSA) is 98.3 Å². The van der Waals surface area contributed by atoms with E-state index in [0.717, 1.165) is 49.4 Å². The summed E-state index contributed by atoms with van der Waals surface area (Å²) in [5.41, 5.74) is 9.56. The van der Waals surface area contributed by atoms with Gasteiger partial charge in [-0.2, -0.15) is 5.10 Å². The van der Waals surface area contributed by atoms with Gasteiger partial charge in [0.2, 0.25) is 0 Å². The molecule has 2 aliphatic rings. The maximum absolute atomic E-state index is 11.1. The van der Waals surface area contributed by atoms with E-state index in [1.807, 2.05) is 41.7 Å². The van der Waals surface area contributed by atoms with Gasteiger partial charge in [0, 0.05) is 36.6 Å². The van der Waals surface area contributed by atoms with Crippen molar-refractivity contribution in [3.8, 4) is 5.69 Å². The van der Waals surface area contributed by atoms with Crippen LogP contribution in [0.4, 0.5) is 10.6 Å². The molecule has 1 aromatic carbocycles. The molecule has 0 spiro atoms. The van der Waals surface area contributed by atoms with E-state index in [0.29, 0.717) is 11.7 Å². The van der Waals surface area contributed by atoms with Gasteiger partial charge in [-0.15, -0.1) is 11.3 Å². The van der Waals surface area contributed by atoms with Crippen LogP contribution in [0.15, 0.2) is 30.3 Å². The smallest absolute Gasteiger partial charge is 0.317 e. The Balaban J connectivity index is 0.000000162. The number of carbonyl (C=O) groups excluding carboxylic acids is 1. The maximum Gasteiger partial charge on any atom is 0.317 e. The number of hydrogen-bond acceptors (Lipinski definition) is 6. The van der Waals surface area contributed by atoms with Crippen molar-refractivity contribution in [2.45, 2.75) is 45.4 Å². The number of nitrogens with two attached hydrogens (primary N) is 1. The second-order valence-electron chi connectivity index (χ2n) is 8.83. The largest absolute Gasteiger partial charge is 0.383 e. The Morgan fingerprint density at radius 1 is 1.26 bits per heavy atom. The van der Waals surface area contributed by atoms with Crippen LogP contribution in [0.25, 0.3) is 5.69 Å². The quantitative estimate of drug-likeness (QED) is 0.552. The monoisotopic (exact) mass is 482 g/mol. The number of aromatic nitrogens is 3. The average Bonchev–Trinajstić information content (AvgIpc) is 3.59. The number of thiazole rings is 1. The van der Waals surface area contributed by atoms with E-state index >= 15 is 0 Å². The summed E-state index contributed by atoms with van der Waals surface area (Å²) in [5.74, 6) is 1.41. The van der Waals surface area contributed by atoms with Crippen molar-refractivity contribution in [1.29, 1.82) is 0 Å². The van der Waals surface area contributed by atoms with Gasteiger partial charge in [0.1, 0.15) is 5.82 Å². The van der Waals surface area contributed by atoms with Gasteiger partial charge in [-0.05, 0) is 58.2 Å². The van der Waals surface area contributed by atoms with Crippen LogP contribution in [0, 0.1) is 13.8 Å². The first kappa shape index (κ1) is 24.4. The van der Waals surface area contributed by atoms with Gasteiger partial charge in [-0.3, -0.25) is 5.32 Å². The Kier molecular flexibility index (Phi) is 7.97. The number of para-hydroxylation sites is 1. The molecular formula is C25H34N6O2S. The van der Waals surface area contributed by atoms with E-state index < -0.39 is 6.03 Å². The molecule has 1 fully saturated rings. The molecule has 3 aromatic rings. The van der Waals surface area contributed by atoms with Crippen molar-refractivity contribution in [2.75, 3.05) is 38.7 Å². The molecule has 0 saturated carbocycles. The van der Waals surface area contributed by atoms with Crippen molar-refractivity contribution in [2.24, 2.45) is 5.73 Å². The first-order valence-electron chi connectivity index (χ1n) is 11.8. The number of benzene rings is 1. The van der Waals surface area contributed by atoms with Gasteiger partial charge < -0.3 is 15.4 Å². The highest BCUT2D eigenvalue weighted by Gasteiger charge is 2.26. The van der Waals surface area contributed by atoms with E-state index in [1.54, 1.807) is 11.8 Å². The van der Waals surface area contributed by atoms with Gasteiger partial charge in [-0.25, -0.2) is 14.5 Å². The molecule has 1 unspecified atom stereocenters. The second kappa shape index (κ2) is 11.1. The molecule has 9 heteroatoms. The highest BCUT2D eigenvalue weighted by Crippen LogP contribution is 2.33. The van der Waals surface area contributed by atoms with Gasteiger partial charge in [-0.1, -0.05) is 18.2 Å². The SMILES string of the molecule is COCCN1CCC(c2sc(C)nc2C)C1.NC(=O)Nc1c2c(nn1-c1ccccc1)CCC2. The summed E-state index contributed by atoms with van der Waals surface area (Å²) in [6, 6.07) is 9.18. The van der Waals surface area contributed by atoms with Crippen LogP contribution >= 0.6 is 11.3 Å². The van der Waals surface area contributed by atoms with Crippen molar-refractivity contribution in [1.82, 2.24) is 19.7 Å². The first-order chi connectivity index (χ1) is 16.5. The number of rotatable bonds is 6. The summed E-state index contributed by atoms with van der Waals surface area (Å²) in [4.78, 5) is 19.6. The number of carbonyl (C=O) groups is 1. The maximum atomic E-state index is 11.1. The van der Waals surface area contributed by atoms with E-state index in [-0.39, 0.29) is 0 Å². The number of aryl methyl sites for hydroxylation is 3. The minimum Gasteiger partial charge on any atom is -0.383 e. The number of ether oxygens (including phenoxy) is 1. The molecule has 1 aliphatic carbocycles. The molecule has 8 nitrogen and oxygen atoms in total. The third kappa shape index (κ3) is 5.65. The van der Waals surface area contributed by atoms with Crippen LogP contribution in [0.5, 0.6) is 0 Å². The number of nitrogens with zero attached hydrogens (tertiary/aromatic N) is 4. The zero-order valence-corrected chi connectivity index (χ0v) is 21.0. The number of likely N-dealkylation sites (tertiary alicyclic amines) is 1. The molecule has 5 rings (SSSR count). The first-order valence-corrected chi connectivity index (χ1v) is 12.7. The van der Waals surface area contributed by atoms with Crippen molar-refractivity contribution >= 4 is 23.2 Å². The van der Waals surface area contributed by atoms with Crippen LogP contribution in [0.1, 0.15) is 45.6 Å². The third-order valence-corrected chi connectivity index (χ3v) is 7.58. The van der Waals surface area contributed by atoms with Crippen LogP contribution in [-0.2, 0) is 17.6 Å². The number of fused-ring (bicyclic) bond motifs is 1. The Labute approximate surface area is 205 Å². The summed E-state index contributed by atoms with van der Waals surface area (Å²) in [7, 11) is 1.77. The number of nitrogens with one attached hydrogen (secondary N) is 1. The van der Waals surface area contributed by atoms with Gasteiger partial charge in [0.15, 0.2) is 0 Å². The number of methoxy groups -OCH3 is 1. The number of primary amides is 1. The Morgan fingerprint density at radius 2 is 2.06 bits per heavy atom. The van der Waals surface area contributed by atoms with E-state index in [2.05, 4.69) is 34.1 Å². The summed E-state index contributed by atoms with van der Waals surface area (Å²) < 4.78 is 6.88. The van der Waals surface area contributed by atoms with Crippen LogP contribution < -0.4 is 11.1 Å². The van der Waals surface area contributed by atoms with E-state index in [1.165, 1.54) is 35.1 Å². The molecule has 1 atom stereocenters. The zero-order chi connectivity index (χ0) is 24.1. The minimum atomic E-state index is -0.554. The lowest BCUT2D eigenvalue weighted by molar-refractivity contribution is 0.160. The summed E-state index contributed by atoms with van der Waals surface area (Å²) in [6.45, 7) is 8.50. The summed E-state index contributed by atoms with van der Waals surface area (Å²) in [5, 5.41) is 8.45. The molecule has 1 aliphatic heterocycles. The fourth-order valence-corrected chi connectivity index (χ4v) is 5.84. The average molecular weight is 483 g/mol. The normalized spacial score (nSPS) is 17.3. The number of hydrogen-bond donors (Lipinski definition) is 2. The standard InChI is InChI=1S/C13H14N4O.C12H20N2OS/c14-13(18)15-12-10-7-4-8-11(10)16-17(12)9-5-2-1-3-6-9;1-9-12(16-10(2)13-9)11-4-5-14(8-11)6-7-15-3/h1-3,5-6H,4,7-8H2,(H3,14,15,18);11H,4-8H2,1-3H3. The molecule has 2 aromatic heterocycles. The molecule has 0 radical (unpaired) electrons. The molecule has 2 amide bonds. The molecule has 3 N–H and O–H groups in total. The van der Waals surface area contributed by atoms with Gasteiger partial charge in [0.05, 0.1) is 28.7 Å². The number of urea groups is 1. The third-order valence-electron chi connectivity index (χ3n) is 6.34. The van der Waals surface area contributed by atoms with Crippen molar-refractivity contribution in [3.05, 3.63) is 57.2 Å². The van der Waals surface area contributed by atoms with Crippen molar-refractivity contribution in [3.63, 3.8) is 0 Å². The highest BCUT2D eigenvalue weighted by atomic mass is 32.1. The predicted molar refractivity (Wildman–Crippen MR) is 136 cm³/mol. The van der Waals surface area contributed by atoms with Crippen LogP contribution in [0.2, 0.25) is 0 Å². The van der Waals surface area contributed by atoms with Crippen molar-refractivity contribution < 1.29 is 9.53 Å². The number of amides is 2. The Morgan fingerprint density at radius 3 is 2.74 bits per heavy atom. The molecule has 182 valence electrons. The molecular weight excluding hydrogens is 448 g/mol. The Bertz CT molecular complexity index is 1110. The molecule has 1 saturated heterocycles. The second-order valence-corrected chi connectivity index (χ2v) is 10.1. The Hall–Kier alpha value is -2.75. The summed E-state index contributed by atoms with van der Waals surface area (Å²) in [6.07, 6.45) is 4.26. The van der Waals surface area contributed by atoms with E-state index in [4.69, 9.17) is 10.5 Å². The summed E-state index contributed by atoms with van der Waals surface area (Å²) >= 11 is 1.87. The van der Waals surface area contributed by atoms with Crippen LogP contribution in [-0.4, -0.2) is 59.0 Å². The fraction of sp³-hybridized carbons (Fsp3) is 0.480. The van der Waals surface area contributed by atoms with Gasteiger partial charge >= 0.3 is 6.03 Å². The molecule has 3 heterocycles. The van der Waals surface area contributed by atoms with Gasteiger partial charge in [0.25, 0.3) is 0 Å². The van der Waals surface area contributed by atoms with Crippen LogP contribution in [0.3, 0.4) is 0 Å². The lowest BCUT2D eigenvalue weighted by Gasteiger charge is -2.14. The molecule has 0 bridgehead atoms. The lowest BCUT2D eigenvalue weighted by atomic mass is 10.1. The lowest BCUT2D eigenvalue weighted by Crippen LogP contribution is -2.24. The number of anilines is 1. The zero-order valence-electron chi connectivity index (χ0n) is 20.2. The fourth-order valence-electron chi connectivity index (χ4n) is 4.79. The minimum absolute atomic E-state index is 0.554. The highest BCUT2D eigenvalue weighted by molar-refractivity contribution is 7.11. The van der Waals surface area contributed by atoms with E-state index in [9.17, 15) is 4.79 Å². The predicted octanol–water partition coefficient (Wildman–Crippen LogP) is 4.05.